The number of carbonyl (C=O) groups is 1. The Kier molecular flexibility index (Phi) is 2.90. The van der Waals surface area contributed by atoms with E-state index in [1.165, 1.54) is 4.68 Å². The van der Waals surface area contributed by atoms with E-state index in [2.05, 4.69) is 15.4 Å². The van der Waals surface area contributed by atoms with Gasteiger partial charge < -0.3 is 4.74 Å². The van der Waals surface area contributed by atoms with Crippen LogP contribution in [0, 0.1) is 0 Å². The van der Waals surface area contributed by atoms with Gasteiger partial charge in [0.05, 0.1) is 12.3 Å². The van der Waals surface area contributed by atoms with Crippen molar-refractivity contribution in [2.45, 2.75) is 6.92 Å². The molecule has 0 aliphatic heterocycles. The van der Waals surface area contributed by atoms with Crippen LogP contribution in [-0.4, -0.2) is 37.4 Å². The quantitative estimate of drug-likeness (QED) is 0.719. The molecule has 0 saturated heterocycles. The summed E-state index contributed by atoms with van der Waals surface area (Å²) in [7, 11) is 3.51. The lowest BCUT2D eigenvalue weighted by molar-refractivity contribution is 0.0520. The standard InChI is InChI=1S/C10H13N5O2/c1-4-17-10(16)8-9(15(3)13-12-8)7-5-6-11-14(7)2/h5-6H,4H2,1-3H3. The fourth-order valence-corrected chi connectivity index (χ4v) is 1.59. The average Bonchev–Trinajstić information content (AvgIpc) is 2.85. The summed E-state index contributed by atoms with van der Waals surface area (Å²) >= 11 is 0. The van der Waals surface area contributed by atoms with Gasteiger partial charge in [0.15, 0.2) is 5.69 Å². The summed E-state index contributed by atoms with van der Waals surface area (Å²) in [6.45, 7) is 2.05. The zero-order valence-electron chi connectivity index (χ0n) is 9.91. The fraction of sp³-hybridized carbons (Fsp3) is 0.400. The molecule has 0 radical (unpaired) electrons. The number of hydrogen-bond acceptors (Lipinski definition) is 5. The Morgan fingerprint density at radius 1 is 1.41 bits per heavy atom. The maximum Gasteiger partial charge on any atom is 0.361 e. The normalized spacial score (nSPS) is 10.5. The van der Waals surface area contributed by atoms with E-state index in [1.807, 2.05) is 0 Å². The van der Waals surface area contributed by atoms with Crippen LogP contribution in [0.4, 0.5) is 0 Å². The van der Waals surface area contributed by atoms with Crippen LogP contribution in [0.25, 0.3) is 11.4 Å². The number of rotatable bonds is 3. The smallest absolute Gasteiger partial charge is 0.361 e. The highest BCUT2D eigenvalue weighted by Crippen LogP contribution is 2.20. The molecule has 2 aromatic rings. The van der Waals surface area contributed by atoms with Gasteiger partial charge in [-0.15, -0.1) is 5.10 Å². The van der Waals surface area contributed by atoms with Gasteiger partial charge in [-0.05, 0) is 13.0 Å². The predicted octanol–water partition coefficient (Wildman–Crippen LogP) is 0.392. The maximum atomic E-state index is 11.7. The van der Waals surface area contributed by atoms with Gasteiger partial charge in [-0.25, -0.2) is 9.48 Å². The van der Waals surface area contributed by atoms with Gasteiger partial charge in [0, 0.05) is 20.3 Å². The van der Waals surface area contributed by atoms with Crippen molar-refractivity contribution in [3.8, 4) is 11.4 Å². The van der Waals surface area contributed by atoms with Gasteiger partial charge in [0.25, 0.3) is 0 Å². The van der Waals surface area contributed by atoms with Crippen molar-refractivity contribution >= 4 is 5.97 Å². The Labute approximate surface area is 98.0 Å². The minimum atomic E-state index is -0.475. The number of aromatic nitrogens is 5. The largest absolute Gasteiger partial charge is 0.461 e. The molecule has 2 rings (SSSR count). The van der Waals surface area contributed by atoms with Crippen LogP contribution in [0.15, 0.2) is 12.3 Å². The lowest BCUT2D eigenvalue weighted by Gasteiger charge is -2.04. The number of aryl methyl sites for hydroxylation is 2. The first-order valence-corrected chi connectivity index (χ1v) is 5.20. The first-order valence-electron chi connectivity index (χ1n) is 5.20. The van der Waals surface area contributed by atoms with Crippen molar-refractivity contribution in [1.29, 1.82) is 0 Å². The van der Waals surface area contributed by atoms with Crippen molar-refractivity contribution in [2.24, 2.45) is 14.1 Å². The van der Waals surface area contributed by atoms with Gasteiger partial charge in [-0.3, -0.25) is 4.68 Å². The summed E-state index contributed by atoms with van der Waals surface area (Å²) in [5.41, 5.74) is 1.57. The van der Waals surface area contributed by atoms with Crippen molar-refractivity contribution in [3.63, 3.8) is 0 Å². The maximum absolute atomic E-state index is 11.7. The van der Waals surface area contributed by atoms with Crippen molar-refractivity contribution in [1.82, 2.24) is 24.8 Å². The highest BCUT2D eigenvalue weighted by molar-refractivity contribution is 5.93. The minimum absolute atomic E-state index is 0.206. The zero-order valence-corrected chi connectivity index (χ0v) is 9.91. The summed E-state index contributed by atoms with van der Waals surface area (Å²) in [6, 6.07) is 1.79. The minimum Gasteiger partial charge on any atom is -0.461 e. The SMILES string of the molecule is CCOC(=O)c1nnn(C)c1-c1ccnn1C. The predicted molar refractivity (Wildman–Crippen MR) is 59.2 cm³/mol. The summed E-state index contributed by atoms with van der Waals surface area (Å²) in [4.78, 5) is 11.7. The molecule has 90 valence electrons. The van der Waals surface area contributed by atoms with Crippen LogP contribution >= 0.6 is 0 Å². The van der Waals surface area contributed by atoms with E-state index >= 15 is 0 Å². The lowest BCUT2D eigenvalue weighted by Crippen LogP contribution is -2.09. The summed E-state index contributed by atoms with van der Waals surface area (Å²) in [5.74, 6) is -0.475. The third kappa shape index (κ3) is 1.91. The molecule has 0 saturated carbocycles. The van der Waals surface area contributed by atoms with Gasteiger partial charge in [-0.1, -0.05) is 5.21 Å². The van der Waals surface area contributed by atoms with Crippen LogP contribution in [0.1, 0.15) is 17.4 Å². The van der Waals surface area contributed by atoms with E-state index < -0.39 is 5.97 Å². The fourth-order valence-electron chi connectivity index (χ4n) is 1.59. The molecule has 7 nitrogen and oxygen atoms in total. The first-order chi connectivity index (χ1) is 8.15. The number of ether oxygens (including phenoxy) is 1. The molecule has 0 amide bonds. The van der Waals surface area contributed by atoms with Crippen LogP contribution < -0.4 is 0 Å². The molecule has 0 spiro atoms. The van der Waals surface area contributed by atoms with E-state index in [4.69, 9.17) is 4.74 Å². The highest BCUT2D eigenvalue weighted by Gasteiger charge is 2.22. The van der Waals surface area contributed by atoms with Crippen molar-refractivity contribution in [3.05, 3.63) is 18.0 Å². The molecule has 2 heterocycles. The number of esters is 1. The van der Waals surface area contributed by atoms with E-state index in [9.17, 15) is 4.79 Å². The third-order valence-electron chi connectivity index (χ3n) is 2.36. The number of carbonyl (C=O) groups excluding carboxylic acids is 1. The molecule has 0 fully saturated rings. The molecule has 7 heteroatoms. The molecule has 0 bridgehead atoms. The molecule has 0 atom stereocenters. The molecular formula is C10H13N5O2. The topological polar surface area (TPSA) is 74.8 Å². The Balaban J connectivity index is 2.50. The highest BCUT2D eigenvalue weighted by atomic mass is 16.5. The molecule has 17 heavy (non-hydrogen) atoms. The second-order valence-electron chi connectivity index (χ2n) is 3.47. The number of hydrogen-bond donors (Lipinski definition) is 0. The van der Waals surface area contributed by atoms with Crippen LogP contribution in [0.5, 0.6) is 0 Å². The van der Waals surface area contributed by atoms with Crippen LogP contribution in [0.3, 0.4) is 0 Å². The van der Waals surface area contributed by atoms with Gasteiger partial charge >= 0.3 is 5.97 Å². The zero-order chi connectivity index (χ0) is 12.4. The Bertz CT molecular complexity index is 543. The third-order valence-corrected chi connectivity index (χ3v) is 2.36. The van der Waals surface area contributed by atoms with Gasteiger partial charge in [0.2, 0.25) is 0 Å². The van der Waals surface area contributed by atoms with Crippen LogP contribution in [-0.2, 0) is 18.8 Å². The first kappa shape index (κ1) is 11.3. The Morgan fingerprint density at radius 3 is 2.76 bits per heavy atom. The van der Waals surface area contributed by atoms with Gasteiger partial charge in [-0.2, -0.15) is 5.10 Å². The summed E-state index contributed by atoms with van der Waals surface area (Å²) < 4.78 is 8.12. The second-order valence-corrected chi connectivity index (χ2v) is 3.47. The van der Waals surface area contributed by atoms with E-state index in [1.54, 1.807) is 38.0 Å². The molecule has 0 aliphatic carbocycles. The molecule has 0 unspecified atom stereocenters. The molecule has 0 aromatic carbocycles. The average molecular weight is 235 g/mol. The molecule has 0 N–H and O–H groups in total. The van der Waals surface area contributed by atoms with Gasteiger partial charge in [0.1, 0.15) is 5.69 Å². The number of nitrogens with zero attached hydrogens (tertiary/aromatic N) is 5. The van der Waals surface area contributed by atoms with E-state index in [0.717, 1.165) is 5.69 Å². The van der Waals surface area contributed by atoms with Crippen molar-refractivity contribution in [2.75, 3.05) is 6.61 Å². The van der Waals surface area contributed by atoms with Crippen molar-refractivity contribution < 1.29 is 9.53 Å². The van der Waals surface area contributed by atoms with E-state index in [0.29, 0.717) is 12.3 Å². The molecule has 0 aliphatic rings. The second kappa shape index (κ2) is 4.36. The monoisotopic (exact) mass is 235 g/mol. The Hall–Kier alpha value is -2.18. The van der Waals surface area contributed by atoms with Crippen LogP contribution in [0.2, 0.25) is 0 Å². The molecular weight excluding hydrogens is 222 g/mol. The molecule has 2 aromatic heterocycles. The lowest BCUT2D eigenvalue weighted by atomic mass is 10.2. The van der Waals surface area contributed by atoms with E-state index in [-0.39, 0.29) is 5.69 Å². The summed E-state index contributed by atoms with van der Waals surface area (Å²) in [6.07, 6.45) is 1.65. The summed E-state index contributed by atoms with van der Waals surface area (Å²) in [5, 5.41) is 11.7. The Morgan fingerprint density at radius 2 is 2.18 bits per heavy atom.